The third kappa shape index (κ3) is 2.93. The van der Waals surface area contributed by atoms with Crippen molar-refractivity contribution < 1.29 is 12.8 Å². The molecule has 100 valence electrons. The number of hydrogen-bond acceptors (Lipinski definition) is 3. The number of hydrogen-bond donors (Lipinski definition) is 1. The molecule has 0 aromatic heterocycles. The lowest BCUT2D eigenvalue weighted by atomic mass is 10.1. The van der Waals surface area contributed by atoms with E-state index in [-0.39, 0.29) is 16.3 Å². The molecule has 0 unspecified atom stereocenters. The summed E-state index contributed by atoms with van der Waals surface area (Å²) in [5.41, 5.74) is 7.25. The van der Waals surface area contributed by atoms with E-state index in [9.17, 15) is 12.8 Å². The number of nitrogen functional groups attached to an aromatic ring is 1. The molecular weight excluding hydrogens is 265 g/mol. The molecule has 3 nitrogen and oxygen atoms in total. The maximum absolute atomic E-state index is 13.2. The van der Waals surface area contributed by atoms with Crippen molar-refractivity contribution in [2.24, 2.45) is 0 Å². The van der Waals surface area contributed by atoms with Crippen molar-refractivity contribution in [3.63, 3.8) is 0 Å². The minimum Gasteiger partial charge on any atom is -0.398 e. The van der Waals surface area contributed by atoms with Crippen LogP contribution < -0.4 is 5.73 Å². The van der Waals surface area contributed by atoms with Crippen LogP contribution in [0.5, 0.6) is 0 Å². The molecule has 2 rings (SSSR count). The molecule has 5 heteroatoms. The second kappa shape index (κ2) is 5.01. The van der Waals surface area contributed by atoms with E-state index in [2.05, 4.69) is 0 Å². The highest BCUT2D eigenvalue weighted by molar-refractivity contribution is 7.90. The summed E-state index contributed by atoms with van der Waals surface area (Å²) >= 11 is 0. The van der Waals surface area contributed by atoms with Gasteiger partial charge in [-0.3, -0.25) is 0 Å². The average molecular weight is 279 g/mol. The Kier molecular flexibility index (Phi) is 3.57. The molecule has 0 aliphatic carbocycles. The first-order valence-electron chi connectivity index (χ1n) is 5.72. The zero-order chi connectivity index (χ0) is 14.0. The maximum Gasteiger partial charge on any atom is 0.184 e. The van der Waals surface area contributed by atoms with Gasteiger partial charge in [-0.15, -0.1) is 0 Å². The van der Waals surface area contributed by atoms with Gasteiger partial charge in [0.05, 0.1) is 16.3 Å². The molecule has 0 heterocycles. The molecule has 0 spiro atoms. The van der Waals surface area contributed by atoms with Gasteiger partial charge in [0.25, 0.3) is 0 Å². The lowest BCUT2D eigenvalue weighted by Crippen LogP contribution is -2.09. The van der Waals surface area contributed by atoms with Gasteiger partial charge in [0.15, 0.2) is 9.84 Å². The van der Waals surface area contributed by atoms with E-state index in [1.54, 1.807) is 12.1 Å². The van der Waals surface area contributed by atoms with Crippen molar-refractivity contribution in [2.45, 2.75) is 17.6 Å². The fraction of sp³-hybridized carbons (Fsp3) is 0.143. The molecule has 0 fully saturated rings. The number of sulfone groups is 1. The molecule has 0 amide bonds. The molecule has 2 aromatic carbocycles. The quantitative estimate of drug-likeness (QED) is 0.879. The zero-order valence-electron chi connectivity index (χ0n) is 10.4. The number of benzene rings is 2. The van der Waals surface area contributed by atoms with Crippen LogP contribution in [0.3, 0.4) is 0 Å². The van der Waals surface area contributed by atoms with Gasteiger partial charge in [-0.2, -0.15) is 0 Å². The summed E-state index contributed by atoms with van der Waals surface area (Å²) in [6.07, 6.45) is 0. The summed E-state index contributed by atoms with van der Waals surface area (Å²) in [7, 11) is -3.65. The number of nitrogens with two attached hydrogens (primary N) is 1. The van der Waals surface area contributed by atoms with Crippen LogP contribution in [0, 0.1) is 12.7 Å². The highest BCUT2D eigenvalue weighted by Crippen LogP contribution is 2.24. The molecule has 0 radical (unpaired) electrons. The Morgan fingerprint density at radius 1 is 1.16 bits per heavy atom. The van der Waals surface area contributed by atoms with E-state index in [1.807, 2.05) is 19.1 Å². The van der Waals surface area contributed by atoms with Gasteiger partial charge in [-0.05, 0) is 36.2 Å². The van der Waals surface area contributed by atoms with Gasteiger partial charge < -0.3 is 5.73 Å². The molecule has 0 saturated heterocycles. The summed E-state index contributed by atoms with van der Waals surface area (Å²) in [4.78, 5) is -0.157. The number of anilines is 1. The second-order valence-electron chi connectivity index (χ2n) is 4.37. The molecule has 0 aliphatic heterocycles. The summed E-state index contributed by atoms with van der Waals surface area (Å²) in [6, 6.07) is 10.5. The Morgan fingerprint density at radius 2 is 1.84 bits per heavy atom. The highest BCUT2D eigenvalue weighted by atomic mass is 32.2. The number of halogens is 1. The Balaban J connectivity index is 2.44. The molecule has 0 atom stereocenters. The van der Waals surface area contributed by atoms with Gasteiger partial charge >= 0.3 is 0 Å². The SMILES string of the molecule is Cc1ccccc1CS(=O)(=O)c1cc(F)ccc1N. The molecular formula is C14H14FNO2S. The minimum atomic E-state index is -3.65. The fourth-order valence-electron chi connectivity index (χ4n) is 1.83. The highest BCUT2D eigenvalue weighted by Gasteiger charge is 2.19. The molecule has 2 N–H and O–H groups in total. The van der Waals surface area contributed by atoms with Crippen LogP contribution >= 0.6 is 0 Å². The largest absolute Gasteiger partial charge is 0.398 e. The average Bonchev–Trinajstić information content (AvgIpc) is 2.35. The smallest absolute Gasteiger partial charge is 0.184 e. The van der Waals surface area contributed by atoms with Gasteiger partial charge in [0.2, 0.25) is 0 Å². The number of aryl methyl sites for hydroxylation is 1. The molecule has 0 bridgehead atoms. The lowest BCUT2D eigenvalue weighted by Gasteiger charge is -2.09. The summed E-state index contributed by atoms with van der Waals surface area (Å²) < 4.78 is 37.7. The Morgan fingerprint density at radius 3 is 2.53 bits per heavy atom. The van der Waals surface area contributed by atoms with E-state index in [1.165, 1.54) is 6.07 Å². The van der Waals surface area contributed by atoms with E-state index in [0.29, 0.717) is 5.56 Å². The fourth-order valence-corrected chi connectivity index (χ4v) is 3.44. The van der Waals surface area contributed by atoms with Crippen molar-refractivity contribution in [3.8, 4) is 0 Å². The Bertz CT molecular complexity index is 711. The van der Waals surface area contributed by atoms with Crippen LogP contribution in [0.2, 0.25) is 0 Å². The van der Waals surface area contributed by atoms with Crippen molar-refractivity contribution in [2.75, 3.05) is 5.73 Å². The number of rotatable bonds is 3. The first-order chi connectivity index (χ1) is 8.90. The molecule has 0 saturated carbocycles. The van der Waals surface area contributed by atoms with E-state index in [4.69, 9.17) is 5.73 Å². The lowest BCUT2D eigenvalue weighted by molar-refractivity contribution is 0.590. The molecule has 19 heavy (non-hydrogen) atoms. The minimum absolute atomic E-state index is 0.0648. The van der Waals surface area contributed by atoms with Crippen LogP contribution in [-0.2, 0) is 15.6 Å². The van der Waals surface area contributed by atoms with Crippen LogP contribution in [0.15, 0.2) is 47.4 Å². The maximum atomic E-state index is 13.2. The van der Waals surface area contributed by atoms with Crippen molar-refractivity contribution in [1.29, 1.82) is 0 Å². The third-order valence-corrected chi connectivity index (χ3v) is 4.63. The standard InChI is InChI=1S/C14H14FNO2S/c1-10-4-2-3-5-11(10)9-19(17,18)14-8-12(15)6-7-13(14)16/h2-8H,9,16H2,1H3. The summed E-state index contributed by atoms with van der Waals surface area (Å²) in [6.45, 7) is 1.83. The van der Waals surface area contributed by atoms with Crippen LogP contribution in [-0.4, -0.2) is 8.42 Å². The third-order valence-electron chi connectivity index (χ3n) is 2.92. The van der Waals surface area contributed by atoms with Gasteiger partial charge in [0.1, 0.15) is 5.82 Å². The van der Waals surface area contributed by atoms with Gasteiger partial charge in [-0.25, -0.2) is 12.8 Å². The Hall–Kier alpha value is -1.88. The molecule has 0 aliphatic rings. The zero-order valence-corrected chi connectivity index (χ0v) is 11.2. The second-order valence-corrected chi connectivity index (χ2v) is 6.33. The summed E-state index contributed by atoms with van der Waals surface area (Å²) in [5, 5.41) is 0. The van der Waals surface area contributed by atoms with Crippen LogP contribution in [0.1, 0.15) is 11.1 Å². The van der Waals surface area contributed by atoms with E-state index >= 15 is 0 Å². The van der Waals surface area contributed by atoms with Crippen LogP contribution in [0.4, 0.5) is 10.1 Å². The van der Waals surface area contributed by atoms with Gasteiger partial charge in [-0.1, -0.05) is 24.3 Å². The molecule has 2 aromatic rings. The Labute approximate surface area is 111 Å². The van der Waals surface area contributed by atoms with Crippen molar-refractivity contribution in [1.82, 2.24) is 0 Å². The van der Waals surface area contributed by atoms with Crippen molar-refractivity contribution >= 4 is 15.5 Å². The monoisotopic (exact) mass is 279 g/mol. The van der Waals surface area contributed by atoms with Gasteiger partial charge in [0, 0.05) is 0 Å². The topological polar surface area (TPSA) is 60.2 Å². The normalized spacial score (nSPS) is 11.5. The van der Waals surface area contributed by atoms with Crippen LogP contribution in [0.25, 0.3) is 0 Å². The predicted octanol–water partition coefficient (Wildman–Crippen LogP) is 2.69. The first kappa shape index (κ1) is 13.5. The van der Waals surface area contributed by atoms with Crippen molar-refractivity contribution in [3.05, 3.63) is 59.4 Å². The van der Waals surface area contributed by atoms with E-state index < -0.39 is 15.7 Å². The van der Waals surface area contributed by atoms with E-state index in [0.717, 1.165) is 17.7 Å². The summed E-state index contributed by atoms with van der Waals surface area (Å²) in [5.74, 6) is -0.801. The first-order valence-corrected chi connectivity index (χ1v) is 7.37. The predicted molar refractivity (Wildman–Crippen MR) is 72.9 cm³/mol.